The largest absolute Gasteiger partial charge is 0.493 e. The van der Waals surface area contributed by atoms with E-state index in [0.717, 1.165) is 17.7 Å². The molecule has 3 aromatic carbocycles. The Balaban J connectivity index is 1.82. The minimum Gasteiger partial charge on any atom is -0.493 e. The number of non-ortho nitro benzene ring substituents is 1. The van der Waals surface area contributed by atoms with Gasteiger partial charge in [0.25, 0.3) is 5.69 Å². The van der Waals surface area contributed by atoms with Crippen molar-refractivity contribution in [1.29, 1.82) is 0 Å². The normalized spacial score (nSPS) is 10.7. The predicted octanol–water partition coefficient (Wildman–Crippen LogP) is 5.19. The molecule has 0 radical (unpaired) electrons. The molecule has 0 atom stereocenters. The van der Waals surface area contributed by atoms with Crippen LogP contribution in [0.3, 0.4) is 0 Å². The molecule has 0 heterocycles. The highest BCUT2D eigenvalue weighted by Gasteiger charge is 2.19. The van der Waals surface area contributed by atoms with Crippen LogP contribution in [0.2, 0.25) is 5.02 Å². The van der Waals surface area contributed by atoms with Gasteiger partial charge in [-0.2, -0.15) is 5.10 Å². The molecule has 0 aliphatic heterocycles. The smallest absolute Gasteiger partial charge is 0.301 e. The van der Waals surface area contributed by atoms with Gasteiger partial charge in [0.15, 0.2) is 11.5 Å². The van der Waals surface area contributed by atoms with Crippen molar-refractivity contribution in [3.05, 3.63) is 97.0 Å². The van der Waals surface area contributed by atoms with Crippen molar-refractivity contribution in [1.82, 2.24) is 0 Å². The molecule has 0 aromatic heterocycles. The van der Waals surface area contributed by atoms with Gasteiger partial charge < -0.3 is 9.47 Å². The van der Waals surface area contributed by atoms with Crippen LogP contribution in [-0.4, -0.2) is 23.2 Å². The monoisotopic (exact) mass is 456 g/mol. The van der Waals surface area contributed by atoms with Crippen molar-refractivity contribution in [2.75, 3.05) is 12.5 Å². The Hall–Kier alpha value is -4.18. The molecule has 0 amide bonds. The number of halogens is 1. The number of nitrogens with zero attached hydrogens (tertiary/aromatic N) is 3. The van der Waals surface area contributed by atoms with Gasteiger partial charge in [0, 0.05) is 16.7 Å². The topological polar surface area (TPSA) is 129 Å². The van der Waals surface area contributed by atoms with Crippen LogP contribution in [0.4, 0.5) is 17.1 Å². The van der Waals surface area contributed by atoms with Gasteiger partial charge in [-0.15, -0.1) is 0 Å². The Bertz CT molecular complexity index is 1170. The summed E-state index contributed by atoms with van der Waals surface area (Å²) in [5.41, 5.74) is 3.13. The van der Waals surface area contributed by atoms with Gasteiger partial charge in [0.05, 0.1) is 29.2 Å². The summed E-state index contributed by atoms with van der Waals surface area (Å²) in [4.78, 5) is 20.7. The SMILES string of the molecule is COc1cccc(/C=N/Nc2ccc([N+](=O)[O-])cc2[N+](=O)[O-])c1OCc1ccc(Cl)cc1. The maximum absolute atomic E-state index is 11.3. The van der Waals surface area contributed by atoms with Crippen LogP contribution in [0.25, 0.3) is 0 Å². The van der Waals surface area contributed by atoms with E-state index >= 15 is 0 Å². The fraction of sp³-hybridized carbons (Fsp3) is 0.0952. The van der Waals surface area contributed by atoms with E-state index in [2.05, 4.69) is 10.5 Å². The highest BCUT2D eigenvalue weighted by atomic mass is 35.5. The van der Waals surface area contributed by atoms with E-state index in [1.54, 1.807) is 30.3 Å². The Morgan fingerprint density at radius 2 is 1.81 bits per heavy atom. The van der Waals surface area contributed by atoms with Gasteiger partial charge >= 0.3 is 5.69 Å². The number of ether oxygens (including phenoxy) is 2. The molecule has 0 saturated heterocycles. The van der Waals surface area contributed by atoms with Crippen molar-refractivity contribution in [3.8, 4) is 11.5 Å². The molecule has 1 N–H and O–H groups in total. The third-order valence-corrected chi connectivity index (χ3v) is 4.56. The number of nitrogens with one attached hydrogen (secondary N) is 1. The van der Waals surface area contributed by atoms with E-state index < -0.39 is 21.2 Å². The van der Waals surface area contributed by atoms with Crippen molar-refractivity contribution < 1.29 is 19.3 Å². The lowest BCUT2D eigenvalue weighted by molar-refractivity contribution is -0.393. The average Bonchev–Trinajstić information content (AvgIpc) is 2.78. The zero-order chi connectivity index (χ0) is 23.1. The zero-order valence-corrected chi connectivity index (χ0v) is 17.5. The van der Waals surface area contributed by atoms with Gasteiger partial charge in [0.1, 0.15) is 12.3 Å². The maximum atomic E-state index is 11.3. The summed E-state index contributed by atoms with van der Waals surface area (Å²) in [6.07, 6.45) is 1.41. The summed E-state index contributed by atoms with van der Waals surface area (Å²) in [5.74, 6) is 0.901. The number of anilines is 1. The van der Waals surface area contributed by atoms with Crippen LogP contribution in [0.1, 0.15) is 11.1 Å². The van der Waals surface area contributed by atoms with Crippen LogP contribution in [0.5, 0.6) is 11.5 Å². The summed E-state index contributed by atoms with van der Waals surface area (Å²) in [6, 6.07) is 15.6. The lowest BCUT2D eigenvalue weighted by Gasteiger charge is -2.13. The van der Waals surface area contributed by atoms with E-state index in [4.69, 9.17) is 21.1 Å². The number of benzene rings is 3. The van der Waals surface area contributed by atoms with Crippen LogP contribution >= 0.6 is 11.6 Å². The first-order chi connectivity index (χ1) is 15.4. The van der Waals surface area contributed by atoms with E-state index in [9.17, 15) is 20.2 Å². The number of rotatable bonds is 9. The van der Waals surface area contributed by atoms with E-state index in [1.165, 1.54) is 19.4 Å². The van der Waals surface area contributed by atoms with Gasteiger partial charge in [0.2, 0.25) is 0 Å². The van der Waals surface area contributed by atoms with Crippen LogP contribution in [-0.2, 0) is 6.61 Å². The summed E-state index contributed by atoms with van der Waals surface area (Å²) < 4.78 is 11.3. The van der Waals surface area contributed by atoms with E-state index in [-0.39, 0.29) is 12.3 Å². The number of hydrogen-bond acceptors (Lipinski definition) is 8. The fourth-order valence-electron chi connectivity index (χ4n) is 2.74. The number of nitro groups is 2. The molecule has 0 fully saturated rings. The second-order valence-corrected chi connectivity index (χ2v) is 6.82. The highest BCUT2D eigenvalue weighted by Crippen LogP contribution is 2.32. The Labute approximate surface area is 187 Å². The van der Waals surface area contributed by atoms with Gasteiger partial charge in [-0.05, 0) is 35.9 Å². The van der Waals surface area contributed by atoms with Crippen LogP contribution in [0.15, 0.2) is 65.8 Å². The molecule has 10 nitrogen and oxygen atoms in total. The molecule has 0 aliphatic carbocycles. The first-order valence-corrected chi connectivity index (χ1v) is 9.53. The number of para-hydroxylation sites is 1. The van der Waals surface area contributed by atoms with Gasteiger partial charge in [-0.3, -0.25) is 25.7 Å². The first kappa shape index (κ1) is 22.5. The molecule has 164 valence electrons. The van der Waals surface area contributed by atoms with Crippen molar-refractivity contribution >= 4 is 34.9 Å². The minimum absolute atomic E-state index is 0.00313. The van der Waals surface area contributed by atoms with Crippen molar-refractivity contribution in [2.24, 2.45) is 5.10 Å². The van der Waals surface area contributed by atoms with E-state index in [0.29, 0.717) is 22.1 Å². The third-order valence-electron chi connectivity index (χ3n) is 4.30. The van der Waals surface area contributed by atoms with Crippen molar-refractivity contribution in [3.63, 3.8) is 0 Å². The number of methoxy groups -OCH3 is 1. The fourth-order valence-corrected chi connectivity index (χ4v) is 2.86. The molecule has 3 aromatic rings. The molecular weight excluding hydrogens is 440 g/mol. The summed E-state index contributed by atoms with van der Waals surface area (Å²) in [6.45, 7) is 0.250. The highest BCUT2D eigenvalue weighted by molar-refractivity contribution is 6.30. The minimum atomic E-state index is -0.725. The second kappa shape index (κ2) is 10.2. The molecule has 0 spiro atoms. The summed E-state index contributed by atoms with van der Waals surface area (Å²) in [5, 5.41) is 26.8. The summed E-state index contributed by atoms with van der Waals surface area (Å²) in [7, 11) is 1.50. The van der Waals surface area contributed by atoms with Gasteiger partial charge in [-0.1, -0.05) is 29.8 Å². The second-order valence-electron chi connectivity index (χ2n) is 6.38. The number of hydrazone groups is 1. The number of hydrogen-bond donors (Lipinski definition) is 1. The molecule has 11 heteroatoms. The Kier molecular flexibility index (Phi) is 7.19. The molecule has 32 heavy (non-hydrogen) atoms. The molecule has 0 bridgehead atoms. The molecule has 0 aliphatic rings. The lowest BCUT2D eigenvalue weighted by atomic mass is 10.2. The molecule has 0 saturated carbocycles. The standard InChI is InChI=1S/C21H17ClN4O6/c1-31-20-4-2-3-15(21(20)32-13-14-5-7-16(22)8-6-14)12-23-24-18-10-9-17(25(27)28)11-19(18)26(29)30/h2-12,24H,13H2,1H3/b23-12+. The van der Waals surface area contributed by atoms with Crippen LogP contribution < -0.4 is 14.9 Å². The number of nitro benzene ring substituents is 2. The predicted molar refractivity (Wildman–Crippen MR) is 120 cm³/mol. The first-order valence-electron chi connectivity index (χ1n) is 9.15. The van der Waals surface area contributed by atoms with Gasteiger partial charge in [-0.25, -0.2) is 0 Å². The molecule has 3 rings (SSSR count). The third kappa shape index (κ3) is 5.49. The average molecular weight is 457 g/mol. The summed E-state index contributed by atoms with van der Waals surface area (Å²) >= 11 is 5.90. The molecular formula is C21H17ClN4O6. The van der Waals surface area contributed by atoms with Crippen molar-refractivity contribution in [2.45, 2.75) is 6.61 Å². The maximum Gasteiger partial charge on any atom is 0.301 e. The Morgan fingerprint density at radius 3 is 2.47 bits per heavy atom. The zero-order valence-electron chi connectivity index (χ0n) is 16.7. The van der Waals surface area contributed by atoms with Crippen LogP contribution in [0, 0.1) is 20.2 Å². The quantitative estimate of drug-likeness (QED) is 0.266. The molecule has 0 unspecified atom stereocenters. The Morgan fingerprint density at radius 1 is 1.06 bits per heavy atom. The van der Waals surface area contributed by atoms with E-state index in [1.807, 2.05) is 12.1 Å². The lowest BCUT2D eigenvalue weighted by Crippen LogP contribution is -2.02.